The van der Waals surface area contributed by atoms with Gasteiger partial charge in [0.15, 0.2) is 5.78 Å². The number of furan rings is 1. The largest absolute Gasteiger partial charge is 0.465 e. The van der Waals surface area contributed by atoms with Crippen molar-refractivity contribution in [2.75, 3.05) is 0 Å². The molecule has 0 fully saturated rings. The smallest absolute Gasteiger partial charge is 0.182 e. The average molecular weight is 204 g/mol. The predicted molar refractivity (Wildman–Crippen MR) is 61.4 cm³/mol. The van der Waals surface area contributed by atoms with Crippen LogP contribution in [0.25, 0.3) is 6.08 Å². The van der Waals surface area contributed by atoms with E-state index in [2.05, 4.69) is 0 Å². The number of ketones is 1. The second-order valence-corrected chi connectivity index (χ2v) is 3.22. The molecule has 0 spiro atoms. The molecule has 0 saturated heterocycles. The molecular formula is C13H16O2. The van der Waals surface area contributed by atoms with Gasteiger partial charge in [0.05, 0.1) is 6.26 Å². The summed E-state index contributed by atoms with van der Waals surface area (Å²) in [5.74, 6) is 0.848. The van der Waals surface area contributed by atoms with Crippen LogP contribution >= 0.6 is 0 Å². The van der Waals surface area contributed by atoms with Crippen LogP contribution < -0.4 is 0 Å². The van der Waals surface area contributed by atoms with E-state index in [1.165, 1.54) is 0 Å². The van der Waals surface area contributed by atoms with E-state index in [0.29, 0.717) is 0 Å². The summed E-state index contributed by atoms with van der Waals surface area (Å²) in [5, 5.41) is 0. The van der Waals surface area contributed by atoms with Gasteiger partial charge < -0.3 is 4.42 Å². The molecule has 2 rings (SSSR count). The first-order valence-corrected chi connectivity index (χ1v) is 5.21. The van der Waals surface area contributed by atoms with Crippen LogP contribution in [0.15, 0.2) is 40.0 Å². The number of allylic oxidation sites excluding steroid dienone is 3. The molecule has 1 heterocycles. The van der Waals surface area contributed by atoms with Crippen molar-refractivity contribution >= 4 is 11.9 Å². The van der Waals surface area contributed by atoms with Crippen molar-refractivity contribution in [3.05, 3.63) is 41.4 Å². The Hall–Kier alpha value is -1.57. The van der Waals surface area contributed by atoms with E-state index in [1.54, 1.807) is 18.4 Å². The van der Waals surface area contributed by atoms with E-state index in [9.17, 15) is 4.79 Å². The van der Waals surface area contributed by atoms with E-state index in [0.717, 1.165) is 23.3 Å². The maximum Gasteiger partial charge on any atom is 0.182 e. The zero-order valence-electron chi connectivity index (χ0n) is 9.41. The lowest BCUT2D eigenvalue weighted by Gasteiger charge is -1.92. The van der Waals surface area contributed by atoms with Crippen LogP contribution in [0.5, 0.6) is 0 Å². The minimum Gasteiger partial charge on any atom is -0.465 e. The van der Waals surface area contributed by atoms with Crippen LogP contribution in [-0.2, 0) is 4.79 Å². The minimum atomic E-state index is 0.105. The summed E-state index contributed by atoms with van der Waals surface area (Å²) in [5.41, 5.74) is 1.93. The summed E-state index contributed by atoms with van der Waals surface area (Å²) in [6, 6.07) is 3.65. The molecule has 15 heavy (non-hydrogen) atoms. The van der Waals surface area contributed by atoms with Crippen molar-refractivity contribution in [2.45, 2.75) is 27.2 Å². The van der Waals surface area contributed by atoms with Gasteiger partial charge in [-0.05, 0) is 37.6 Å². The molecular weight excluding hydrogens is 188 g/mol. The highest BCUT2D eigenvalue weighted by molar-refractivity contribution is 6.10. The SMILES string of the molecule is CC.CC1=CC(=O)/C(=C/c2ccco2)C1. The topological polar surface area (TPSA) is 30.2 Å². The Morgan fingerprint density at radius 1 is 1.40 bits per heavy atom. The van der Waals surface area contributed by atoms with E-state index >= 15 is 0 Å². The number of carbonyl (C=O) groups is 1. The molecule has 0 N–H and O–H groups in total. The maximum absolute atomic E-state index is 11.3. The molecule has 0 saturated carbocycles. The third-order valence-corrected chi connectivity index (χ3v) is 2.02. The third kappa shape index (κ3) is 2.94. The van der Waals surface area contributed by atoms with E-state index in [4.69, 9.17) is 4.42 Å². The summed E-state index contributed by atoms with van der Waals surface area (Å²) in [4.78, 5) is 11.3. The van der Waals surface area contributed by atoms with Gasteiger partial charge in [-0.3, -0.25) is 4.79 Å². The molecule has 1 aromatic rings. The minimum absolute atomic E-state index is 0.105. The molecule has 1 aliphatic carbocycles. The van der Waals surface area contributed by atoms with Crippen molar-refractivity contribution in [3.8, 4) is 0 Å². The highest BCUT2D eigenvalue weighted by Crippen LogP contribution is 2.22. The van der Waals surface area contributed by atoms with Gasteiger partial charge in [-0.1, -0.05) is 19.4 Å². The van der Waals surface area contributed by atoms with Gasteiger partial charge in [0.2, 0.25) is 0 Å². The van der Waals surface area contributed by atoms with E-state index in [1.807, 2.05) is 32.9 Å². The predicted octanol–water partition coefficient (Wildman–Crippen LogP) is 3.61. The first kappa shape index (κ1) is 11.5. The van der Waals surface area contributed by atoms with Crippen molar-refractivity contribution in [2.24, 2.45) is 0 Å². The Kier molecular flexibility index (Phi) is 4.10. The van der Waals surface area contributed by atoms with Crippen molar-refractivity contribution in [1.82, 2.24) is 0 Å². The van der Waals surface area contributed by atoms with Gasteiger partial charge in [0.1, 0.15) is 5.76 Å². The van der Waals surface area contributed by atoms with Gasteiger partial charge in [-0.15, -0.1) is 0 Å². The normalized spacial score (nSPS) is 17.4. The quantitative estimate of drug-likeness (QED) is 0.654. The van der Waals surface area contributed by atoms with Crippen LogP contribution in [-0.4, -0.2) is 5.78 Å². The Balaban J connectivity index is 0.000000531. The molecule has 0 unspecified atom stereocenters. The molecule has 0 aliphatic heterocycles. The van der Waals surface area contributed by atoms with Gasteiger partial charge in [-0.25, -0.2) is 0 Å². The molecule has 2 heteroatoms. The molecule has 0 bridgehead atoms. The zero-order chi connectivity index (χ0) is 11.3. The van der Waals surface area contributed by atoms with E-state index < -0.39 is 0 Å². The van der Waals surface area contributed by atoms with Crippen molar-refractivity contribution in [3.63, 3.8) is 0 Å². The summed E-state index contributed by atoms with van der Waals surface area (Å²) in [6.07, 6.45) is 5.83. The molecule has 0 atom stereocenters. The Morgan fingerprint density at radius 3 is 2.60 bits per heavy atom. The summed E-state index contributed by atoms with van der Waals surface area (Å²) >= 11 is 0. The highest BCUT2D eigenvalue weighted by atomic mass is 16.3. The first-order valence-electron chi connectivity index (χ1n) is 5.21. The molecule has 0 aromatic carbocycles. The number of rotatable bonds is 1. The Bertz CT molecular complexity index is 381. The third-order valence-electron chi connectivity index (χ3n) is 2.02. The first-order chi connectivity index (χ1) is 7.25. The number of hydrogen-bond donors (Lipinski definition) is 0. The molecule has 0 radical (unpaired) electrons. The standard InChI is InChI=1S/C11H10O2.C2H6/c1-8-5-9(11(12)6-8)7-10-3-2-4-13-10;1-2/h2-4,6-7H,5H2,1H3;1-2H3/b9-7+;. The number of carbonyl (C=O) groups excluding carboxylic acids is 1. The van der Waals surface area contributed by atoms with Gasteiger partial charge >= 0.3 is 0 Å². The lowest BCUT2D eigenvalue weighted by molar-refractivity contribution is -0.111. The van der Waals surface area contributed by atoms with Crippen molar-refractivity contribution in [1.29, 1.82) is 0 Å². The highest BCUT2D eigenvalue weighted by Gasteiger charge is 2.15. The summed E-state index contributed by atoms with van der Waals surface area (Å²) in [6.45, 7) is 5.96. The van der Waals surface area contributed by atoms with E-state index in [-0.39, 0.29) is 5.78 Å². The second-order valence-electron chi connectivity index (χ2n) is 3.22. The average Bonchev–Trinajstić information content (AvgIpc) is 2.82. The maximum atomic E-state index is 11.3. The van der Waals surface area contributed by atoms with Crippen LogP contribution in [0.1, 0.15) is 33.0 Å². The number of hydrogen-bond acceptors (Lipinski definition) is 2. The fourth-order valence-electron chi connectivity index (χ4n) is 1.42. The lowest BCUT2D eigenvalue weighted by atomic mass is 10.1. The van der Waals surface area contributed by atoms with Gasteiger partial charge in [-0.2, -0.15) is 0 Å². The summed E-state index contributed by atoms with van der Waals surface area (Å²) < 4.78 is 5.13. The lowest BCUT2D eigenvalue weighted by Crippen LogP contribution is -1.89. The van der Waals surface area contributed by atoms with Crippen LogP contribution in [0.3, 0.4) is 0 Å². The molecule has 2 nitrogen and oxygen atoms in total. The van der Waals surface area contributed by atoms with Crippen LogP contribution in [0, 0.1) is 0 Å². The van der Waals surface area contributed by atoms with Gasteiger partial charge in [0, 0.05) is 5.57 Å². The monoisotopic (exact) mass is 204 g/mol. The van der Waals surface area contributed by atoms with Crippen LogP contribution in [0.2, 0.25) is 0 Å². The zero-order valence-corrected chi connectivity index (χ0v) is 9.41. The van der Waals surface area contributed by atoms with Crippen LogP contribution in [0.4, 0.5) is 0 Å². The molecule has 1 aliphatic rings. The fraction of sp³-hybridized carbons (Fsp3) is 0.308. The Labute approximate surface area is 90.3 Å². The molecule has 1 aromatic heterocycles. The molecule has 0 amide bonds. The fourth-order valence-corrected chi connectivity index (χ4v) is 1.42. The van der Waals surface area contributed by atoms with Crippen molar-refractivity contribution < 1.29 is 9.21 Å². The Morgan fingerprint density at radius 2 is 2.13 bits per heavy atom. The molecule has 80 valence electrons. The second kappa shape index (κ2) is 5.35. The summed E-state index contributed by atoms with van der Waals surface area (Å²) in [7, 11) is 0. The van der Waals surface area contributed by atoms with Gasteiger partial charge in [0.25, 0.3) is 0 Å².